The van der Waals surface area contributed by atoms with Crippen LogP contribution in [0.25, 0.3) is 0 Å². The molecule has 2 aromatic rings. The van der Waals surface area contributed by atoms with Gasteiger partial charge in [0, 0.05) is 17.7 Å². The molecule has 0 radical (unpaired) electrons. The van der Waals surface area contributed by atoms with Crippen molar-refractivity contribution in [3.8, 4) is 0 Å². The van der Waals surface area contributed by atoms with E-state index in [1.165, 1.54) is 11.1 Å². The molecule has 4 heteroatoms. The van der Waals surface area contributed by atoms with E-state index < -0.39 is 0 Å². The lowest BCUT2D eigenvalue weighted by Gasteiger charge is -2.38. The predicted octanol–water partition coefficient (Wildman–Crippen LogP) is 4.73. The number of nitro groups is 1. The van der Waals surface area contributed by atoms with E-state index in [1.54, 1.807) is 12.1 Å². The Balaban J connectivity index is 1.86. The van der Waals surface area contributed by atoms with Crippen LogP contribution in [0.15, 0.2) is 54.6 Å². The fourth-order valence-corrected chi connectivity index (χ4v) is 4.00. The van der Waals surface area contributed by atoms with Gasteiger partial charge in [0.05, 0.1) is 16.5 Å². The minimum atomic E-state index is -0.276. The SMILES string of the molecule is Cc1cccc2c1N[C@H](c1ccccc1[N+](=O)[O-])[C@H]1CC=C[C@H]21. The van der Waals surface area contributed by atoms with E-state index in [1.807, 2.05) is 12.1 Å². The molecule has 0 unspecified atom stereocenters. The number of para-hydroxylation sites is 2. The van der Waals surface area contributed by atoms with Crippen LogP contribution in [-0.2, 0) is 0 Å². The number of nitrogens with zero attached hydrogens (tertiary/aromatic N) is 1. The second-order valence-electron chi connectivity index (χ2n) is 6.33. The topological polar surface area (TPSA) is 55.2 Å². The van der Waals surface area contributed by atoms with Crippen molar-refractivity contribution in [2.75, 3.05) is 5.32 Å². The van der Waals surface area contributed by atoms with Crippen molar-refractivity contribution in [2.24, 2.45) is 5.92 Å². The van der Waals surface area contributed by atoms with Crippen molar-refractivity contribution in [2.45, 2.75) is 25.3 Å². The lowest BCUT2D eigenvalue weighted by molar-refractivity contribution is -0.385. The zero-order valence-electron chi connectivity index (χ0n) is 12.9. The first-order chi connectivity index (χ1) is 11.2. The Morgan fingerprint density at radius 3 is 2.74 bits per heavy atom. The van der Waals surface area contributed by atoms with E-state index in [0.29, 0.717) is 11.8 Å². The predicted molar refractivity (Wildman–Crippen MR) is 90.6 cm³/mol. The van der Waals surface area contributed by atoms with Crippen LogP contribution in [0.1, 0.15) is 35.1 Å². The van der Waals surface area contributed by atoms with Gasteiger partial charge in [0.1, 0.15) is 0 Å². The van der Waals surface area contributed by atoms with Crippen LogP contribution in [-0.4, -0.2) is 4.92 Å². The van der Waals surface area contributed by atoms with Crippen LogP contribution in [0, 0.1) is 23.0 Å². The summed E-state index contributed by atoms with van der Waals surface area (Å²) in [7, 11) is 0. The Morgan fingerprint density at radius 1 is 1.13 bits per heavy atom. The van der Waals surface area contributed by atoms with Crippen molar-refractivity contribution in [3.05, 3.63) is 81.4 Å². The molecule has 0 bridgehead atoms. The Kier molecular flexibility index (Phi) is 3.18. The number of hydrogen-bond donors (Lipinski definition) is 1. The summed E-state index contributed by atoms with van der Waals surface area (Å²) in [6.07, 6.45) is 5.41. The van der Waals surface area contributed by atoms with E-state index in [2.05, 4.69) is 42.6 Å². The first-order valence-electron chi connectivity index (χ1n) is 7.93. The minimum absolute atomic E-state index is 0.0369. The number of nitro benzene ring substituents is 1. The number of allylic oxidation sites excluding steroid dienone is 2. The fourth-order valence-electron chi connectivity index (χ4n) is 4.00. The van der Waals surface area contributed by atoms with Crippen LogP contribution in [0.5, 0.6) is 0 Å². The standard InChI is InChI=1S/C19H18N2O2/c1-12-6-4-9-14-13-8-5-10-15(13)19(20-18(12)14)16-7-2-3-11-17(16)21(22)23/h2-9,11,13,15,19-20H,10H2,1H3/t13-,15+,19+/m1/s1. The van der Waals surface area contributed by atoms with E-state index in [0.717, 1.165) is 17.7 Å². The molecule has 2 aromatic carbocycles. The maximum absolute atomic E-state index is 11.4. The first-order valence-corrected chi connectivity index (χ1v) is 7.93. The zero-order chi connectivity index (χ0) is 16.0. The number of nitrogens with one attached hydrogen (secondary N) is 1. The maximum atomic E-state index is 11.4. The van der Waals surface area contributed by atoms with Crippen LogP contribution >= 0.6 is 0 Å². The van der Waals surface area contributed by atoms with Gasteiger partial charge in [-0.25, -0.2) is 0 Å². The molecule has 1 heterocycles. The van der Waals surface area contributed by atoms with Crippen molar-refractivity contribution >= 4 is 11.4 Å². The van der Waals surface area contributed by atoms with Crippen LogP contribution in [0.3, 0.4) is 0 Å². The summed E-state index contributed by atoms with van der Waals surface area (Å²) in [4.78, 5) is 11.2. The quantitative estimate of drug-likeness (QED) is 0.496. The van der Waals surface area contributed by atoms with Gasteiger partial charge >= 0.3 is 0 Å². The summed E-state index contributed by atoms with van der Waals surface area (Å²) in [6.45, 7) is 2.08. The maximum Gasteiger partial charge on any atom is 0.274 e. The molecular formula is C19H18N2O2. The molecule has 116 valence electrons. The average molecular weight is 306 g/mol. The molecule has 1 aliphatic carbocycles. The molecule has 3 atom stereocenters. The molecule has 1 aliphatic heterocycles. The van der Waals surface area contributed by atoms with Gasteiger partial charge in [-0.1, -0.05) is 48.6 Å². The van der Waals surface area contributed by atoms with Gasteiger partial charge in [0.15, 0.2) is 0 Å². The molecule has 0 spiro atoms. The summed E-state index contributed by atoms with van der Waals surface area (Å²) < 4.78 is 0. The summed E-state index contributed by atoms with van der Waals surface area (Å²) in [5, 5.41) is 15.0. The summed E-state index contributed by atoms with van der Waals surface area (Å²) in [6, 6.07) is 13.4. The van der Waals surface area contributed by atoms with Gasteiger partial charge in [-0.3, -0.25) is 10.1 Å². The van der Waals surface area contributed by atoms with Gasteiger partial charge in [0.2, 0.25) is 0 Å². The zero-order valence-corrected chi connectivity index (χ0v) is 12.9. The van der Waals surface area contributed by atoms with Crippen molar-refractivity contribution in [1.82, 2.24) is 0 Å². The first kappa shape index (κ1) is 14.0. The highest BCUT2D eigenvalue weighted by atomic mass is 16.6. The number of aryl methyl sites for hydroxylation is 1. The highest BCUT2D eigenvalue weighted by Gasteiger charge is 2.40. The fraction of sp³-hybridized carbons (Fsp3) is 0.263. The lowest BCUT2D eigenvalue weighted by atomic mass is 9.76. The molecule has 0 aromatic heterocycles. The molecular weight excluding hydrogens is 288 g/mol. The number of hydrogen-bond acceptors (Lipinski definition) is 3. The number of rotatable bonds is 2. The third-order valence-corrected chi connectivity index (χ3v) is 5.07. The van der Waals surface area contributed by atoms with Crippen molar-refractivity contribution < 1.29 is 4.92 Å². The average Bonchev–Trinajstić information content (AvgIpc) is 3.04. The summed E-state index contributed by atoms with van der Waals surface area (Å²) in [5.41, 5.74) is 4.60. The largest absolute Gasteiger partial charge is 0.377 e. The number of fused-ring (bicyclic) bond motifs is 3. The van der Waals surface area contributed by atoms with Crippen LogP contribution in [0.4, 0.5) is 11.4 Å². The lowest BCUT2D eigenvalue weighted by Crippen LogP contribution is -2.30. The molecule has 2 aliphatic rings. The smallest absolute Gasteiger partial charge is 0.274 e. The highest BCUT2D eigenvalue weighted by Crippen LogP contribution is 2.51. The highest BCUT2D eigenvalue weighted by molar-refractivity contribution is 5.65. The number of benzene rings is 2. The van der Waals surface area contributed by atoms with E-state index in [4.69, 9.17) is 0 Å². The monoisotopic (exact) mass is 306 g/mol. The van der Waals surface area contributed by atoms with Crippen molar-refractivity contribution in [3.63, 3.8) is 0 Å². The van der Waals surface area contributed by atoms with E-state index in [9.17, 15) is 10.1 Å². The molecule has 4 nitrogen and oxygen atoms in total. The Morgan fingerprint density at radius 2 is 1.91 bits per heavy atom. The van der Waals surface area contributed by atoms with Crippen molar-refractivity contribution in [1.29, 1.82) is 0 Å². The number of anilines is 1. The molecule has 23 heavy (non-hydrogen) atoms. The van der Waals surface area contributed by atoms with Gasteiger partial charge in [-0.15, -0.1) is 0 Å². The Hall–Kier alpha value is -2.62. The van der Waals surface area contributed by atoms with Gasteiger partial charge < -0.3 is 5.32 Å². The summed E-state index contributed by atoms with van der Waals surface area (Å²) in [5.74, 6) is 0.654. The van der Waals surface area contributed by atoms with E-state index >= 15 is 0 Å². The third-order valence-electron chi connectivity index (χ3n) is 5.07. The van der Waals surface area contributed by atoms with Gasteiger partial charge in [0.25, 0.3) is 5.69 Å². The summed E-state index contributed by atoms with van der Waals surface area (Å²) >= 11 is 0. The molecule has 4 rings (SSSR count). The second-order valence-corrected chi connectivity index (χ2v) is 6.33. The molecule has 0 amide bonds. The van der Waals surface area contributed by atoms with E-state index in [-0.39, 0.29) is 16.7 Å². The van der Waals surface area contributed by atoms with Gasteiger partial charge in [-0.05, 0) is 30.4 Å². The van der Waals surface area contributed by atoms with Crippen LogP contribution < -0.4 is 5.32 Å². The Bertz CT molecular complexity index is 813. The third kappa shape index (κ3) is 2.13. The molecule has 0 fully saturated rings. The molecule has 0 saturated heterocycles. The normalized spacial score (nSPS) is 24.7. The minimum Gasteiger partial charge on any atom is -0.377 e. The Labute approximate surface area is 135 Å². The second kappa shape index (κ2) is 5.23. The molecule has 0 saturated carbocycles. The van der Waals surface area contributed by atoms with Gasteiger partial charge in [-0.2, -0.15) is 0 Å². The molecule has 1 N–H and O–H groups in total. The van der Waals surface area contributed by atoms with Crippen LogP contribution in [0.2, 0.25) is 0 Å².